The van der Waals surface area contributed by atoms with E-state index in [-0.39, 0.29) is 0 Å². The molecular weight excluding hydrogens is 264 g/mol. The molecule has 0 heterocycles. The van der Waals surface area contributed by atoms with E-state index in [1.807, 2.05) is 0 Å². The fourth-order valence-corrected chi connectivity index (χ4v) is 1.89. The van der Waals surface area contributed by atoms with Crippen LogP contribution in [0, 0.1) is 0 Å². The Hall–Kier alpha value is -1.22. The van der Waals surface area contributed by atoms with Crippen LogP contribution < -0.4 is 4.74 Å². The summed E-state index contributed by atoms with van der Waals surface area (Å²) in [5, 5.41) is 0. The highest BCUT2D eigenvalue weighted by molar-refractivity contribution is 6.15. The lowest BCUT2D eigenvalue weighted by molar-refractivity contribution is 0.0751. The van der Waals surface area contributed by atoms with Crippen LogP contribution in [-0.2, 0) is 4.29 Å². The Balaban J connectivity index is 2.18. The van der Waals surface area contributed by atoms with Crippen LogP contribution in [0.15, 0.2) is 24.3 Å². The molecule has 0 N–H and O–H groups in total. The van der Waals surface area contributed by atoms with Gasteiger partial charge in [-0.1, -0.05) is 39.0 Å². The monoisotopic (exact) mass is 284 g/mol. The molecule has 0 aromatic heterocycles. The summed E-state index contributed by atoms with van der Waals surface area (Å²) in [6, 6.07) is 6.78. The topological polar surface area (TPSA) is 35.5 Å². The largest absolute Gasteiger partial charge is 0.494 e. The molecule has 106 valence electrons. The van der Waals surface area contributed by atoms with Crippen molar-refractivity contribution < 1.29 is 13.8 Å². The van der Waals surface area contributed by atoms with Gasteiger partial charge in [0.2, 0.25) is 0 Å². The van der Waals surface area contributed by atoms with Crippen LogP contribution in [0.3, 0.4) is 0 Å². The summed E-state index contributed by atoms with van der Waals surface area (Å²) >= 11 is 5.00. The van der Waals surface area contributed by atoms with Gasteiger partial charge in [0, 0.05) is 0 Å². The zero-order chi connectivity index (χ0) is 13.9. The van der Waals surface area contributed by atoms with E-state index in [9.17, 15) is 4.79 Å². The lowest BCUT2D eigenvalue weighted by Crippen LogP contribution is -2.00. The molecule has 1 rings (SSSR count). The van der Waals surface area contributed by atoms with E-state index >= 15 is 0 Å². The van der Waals surface area contributed by atoms with Gasteiger partial charge < -0.3 is 9.03 Å². The average Bonchev–Trinajstić information content (AvgIpc) is 2.46. The van der Waals surface area contributed by atoms with E-state index in [2.05, 4.69) is 11.2 Å². The van der Waals surface area contributed by atoms with Crippen LogP contribution in [0.1, 0.15) is 55.8 Å². The Labute approximate surface area is 120 Å². The summed E-state index contributed by atoms with van der Waals surface area (Å²) in [6.45, 7) is 2.93. The summed E-state index contributed by atoms with van der Waals surface area (Å²) < 4.78 is 9.71. The molecule has 1 aromatic rings. The number of unbranched alkanes of at least 4 members (excludes halogenated alkanes) is 5. The molecule has 0 aliphatic heterocycles. The predicted octanol–water partition coefficient (Wildman–Crippen LogP) is 4.74. The maximum absolute atomic E-state index is 11.1. The van der Waals surface area contributed by atoms with Gasteiger partial charge in [0.15, 0.2) is 0 Å². The Bertz CT molecular complexity index is 362. The Morgan fingerprint density at radius 3 is 2.32 bits per heavy atom. The SMILES string of the molecule is CCCCCCCCOc1ccc(C(=O)OCl)cc1. The molecule has 19 heavy (non-hydrogen) atoms. The lowest BCUT2D eigenvalue weighted by Gasteiger charge is -2.06. The molecule has 0 saturated carbocycles. The molecule has 0 bridgehead atoms. The first kappa shape index (κ1) is 15.8. The van der Waals surface area contributed by atoms with Gasteiger partial charge in [-0.3, -0.25) is 0 Å². The number of carbonyl (C=O) groups excluding carboxylic acids is 1. The Morgan fingerprint density at radius 1 is 1.05 bits per heavy atom. The van der Waals surface area contributed by atoms with Crippen LogP contribution in [-0.4, -0.2) is 12.6 Å². The molecule has 0 aliphatic rings. The van der Waals surface area contributed by atoms with Gasteiger partial charge in [0.05, 0.1) is 12.2 Å². The van der Waals surface area contributed by atoms with E-state index < -0.39 is 5.97 Å². The van der Waals surface area contributed by atoms with Crippen molar-refractivity contribution in [2.75, 3.05) is 6.61 Å². The molecule has 0 saturated heterocycles. The fraction of sp³-hybridized carbons (Fsp3) is 0.533. The number of carbonyl (C=O) groups is 1. The maximum Gasteiger partial charge on any atom is 0.356 e. The van der Waals surface area contributed by atoms with E-state index in [0.29, 0.717) is 12.2 Å². The van der Waals surface area contributed by atoms with Gasteiger partial charge in [0.1, 0.15) is 17.6 Å². The van der Waals surface area contributed by atoms with Crippen molar-refractivity contribution in [3.8, 4) is 5.75 Å². The standard InChI is InChI=1S/C15H21ClO3/c1-2-3-4-5-6-7-12-18-14-10-8-13(9-11-14)15(17)19-16/h8-11H,2-7,12H2,1H3. The molecule has 0 radical (unpaired) electrons. The molecule has 0 spiro atoms. The molecule has 0 unspecified atom stereocenters. The van der Waals surface area contributed by atoms with Gasteiger partial charge in [-0.2, -0.15) is 0 Å². The molecule has 3 nitrogen and oxygen atoms in total. The van der Waals surface area contributed by atoms with Crippen LogP contribution in [0.25, 0.3) is 0 Å². The van der Waals surface area contributed by atoms with Gasteiger partial charge >= 0.3 is 5.97 Å². The van der Waals surface area contributed by atoms with E-state index in [1.165, 1.54) is 32.1 Å². The first-order valence-corrected chi connectivity index (χ1v) is 7.14. The second-order valence-corrected chi connectivity index (χ2v) is 4.66. The molecule has 0 aliphatic carbocycles. The Morgan fingerprint density at radius 2 is 1.68 bits per heavy atom. The maximum atomic E-state index is 11.1. The van der Waals surface area contributed by atoms with Crippen molar-refractivity contribution in [1.82, 2.24) is 0 Å². The normalized spacial score (nSPS) is 10.2. The Kier molecular flexibility index (Phi) is 8.07. The van der Waals surface area contributed by atoms with Crippen LogP contribution in [0.2, 0.25) is 0 Å². The van der Waals surface area contributed by atoms with Crippen molar-refractivity contribution in [2.45, 2.75) is 45.4 Å². The minimum atomic E-state index is -0.552. The minimum Gasteiger partial charge on any atom is -0.494 e. The predicted molar refractivity (Wildman–Crippen MR) is 76.6 cm³/mol. The summed E-state index contributed by atoms with van der Waals surface area (Å²) in [6.07, 6.45) is 7.45. The quantitative estimate of drug-likeness (QED) is 0.615. The van der Waals surface area contributed by atoms with Crippen molar-refractivity contribution in [2.24, 2.45) is 0 Å². The van der Waals surface area contributed by atoms with Crippen molar-refractivity contribution in [1.29, 1.82) is 0 Å². The second-order valence-electron chi connectivity index (χ2n) is 4.51. The highest BCUT2D eigenvalue weighted by Gasteiger charge is 2.05. The number of rotatable bonds is 9. The van der Waals surface area contributed by atoms with E-state index in [1.54, 1.807) is 24.3 Å². The summed E-state index contributed by atoms with van der Waals surface area (Å²) in [5.41, 5.74) is 0.418. The average molecular weight is 285 g/mol. The molecule has 4 heteroatoms. The molecule has 0 atom stereocenters. The molecular formula is C15H21ClO3. The summed E-state index contributed by atoms with van der Waals surface area (Å²) in [7, 11) is 0. The zero-order valence-corrected chi connectivity index (χ0v) is 12.1. The lowest BCUT2D eigenvalue weighted by atomic mass is 10.1. The van der Waals surface area contributed by atoms with Crippen molar-refractivity contribution in [3.05, 3.63) is 29.8 Å². The van der Waals surface area contributed by atoms with Gasteiger partial charge in [-0.15, -0.1) is 0 Å². The summed E-state index contributed by atoms with van der Waals surface area (Å²) in [4.78, 5) is 11.1. The van der Waals surface area contributed by atoms with Crippen LogP contribution >= 0.6 is 11.9 Å². The van der Waals surface area contributed by atoms with Gasteiger partial charge in [-0.25, -0.2) is 4.79 Å². The first-order valence-electron chi connectivity index (χ1n) is 6.83. The van der Waals surface area contributed by atoms with Crippen LogP contribution in [0.5, 0.6) is 5.75 Å². The van der Waals surface area contributed by atoms with Crippen LogP contribution in [0.4, 0.5) is 0 Å². The van der Waals surface area contributed by atoms with Crippen molar-refractivity contribution in [3.63, 3.8) is 0 Å². The molecule has 0 amide bonds. The number of ether oxygens (including phenoxy) is 1. The van der Waals surface area contributed by atoms with E-state index in [0.717, 1.165) is 12.2 Å². The third kappa shape index (κ3) is 6.48. The number of hydrogen-bond donors (Lipinski definition) is 0. The second kappa shape index (κ2) is 9.68. The third-order valence-corrected chi connectivity index (χ3v) is 3.07. The number of benzene rings is 1. The number of halogens is 1. The smallest absolute Gasteiger partial charge is 0.356 e. The fourth-order valence-electron chi connectivity index (χ4n) is 1.80. The highest BCUT2D eigenvalue weighted by atomic mass is 35.5. The third-order valence-electron chi connectivity index (χ3n) is 2.93. The number of hydrogen-bond acceptors (Lipinski definition) is 3. The molecule has 1 aromatic carbocycles. The molecule has 0 fully saturated rings. The minimum absolute atomic E-state index is 0.418. The first-order chi connectivity index (χ1) is 9.27. The van der Waals surface area contributed by atoms with E-state index in [4.69, 9.17) is 16.6 Å². The highest BCUT2D eigenvalue weighted by Crippen LogP contribution is 2.14. The summed E-state index contributed by atoms with van der Waals surface area (Å²) in [5.74, 6) is 0.212. The van der Waals surface area contributed by atoms with Gasteiger partial charge in [-0.05, 0) is 30.7 Å². The zero-order valence-electron chi connectivity index (χ0n) is 11.4. The van der Waals surface area contributed by atoms with Gasteiger partial charge in [0.25, 0.3) is 0 Å². The van der Waals surface area contributed by atoms with Crippen molar-refractivity contribution >= 4 is 17.8 Å².